The predicted molar refractivity (Wildman–Crippen MR) is 90.3 cm³/mol. The summed E-state index contributed by atoms with van der Waals surface area (Å²) in [6, 6.07) is 6.09. The first kappa shape index (κ1) is 16.9. The van der Waals surface area contributed by atoms with Crippen LogP contribution in [-0.4, -0.2) is 60.7 Å². The lowest BCUT2D eigenvalue weighted by molar-refractivity contribution is -0.134. The lowest BCUT2D eigenvalue weighted by Gasteiger charge is -2.36. The van der Waals surface area contributed by atoms with Gasteiger partial charge >= 0.3 is 6.03 Å². The molecule has 0 radical (unpaired) electrons. The molecular weight excluding hydrogens is 324 g/mol. The summed E-state index contributed by atoms with van der Waals surface area (Å²) >= 11 is 0. The number of hydrogen-bond acceptors (Lipinski definition) is 5. The Morgan fingerprint density at radius 2 is 1.72 bits per heavy atom. The highest BCUT2D eigenvalue weighted by Crippen LogP contribution is 2.18. The number of piperazine rings is 1. The molecule has 2 fully saturated rings. The van der Waals surface area contributed by atoms with Gasteiger partial charge < -0.3 is 15.1 Å². The number of benzene rings is 1. The molecule has 0 aliphatic carbocycles. The molecule has 0 saturated carbocycles. The molecule has 3 rings (SSSR count). The molecular formula is C17H20N4O4. The van der Waals surface area contributed by atoms with Crippen LogP contribution in [0.5, 0.6) is 0 Å². The van der Waals surface area contributed by atoms with Crippen LogP contribution in [0, 0.1) is 0 Å². The van der Waals surface area contributed by atoms with Gasteiger partial charge in [0.25, 0.3) is 5.91 Å². The van der Waals surface area contributed by atoms with Crippen molar-refractivity contribution >= 4 is 29.3 Å². The van der Waals surface area contributed by atoms with Crippen LogP contribution >= 0.6 is 0 Å². The number of Topliss-reactive ketones (excluding diaryl/α,β-unsaturated/α-hetero) is 1. The molecule has 1 aromatic carbocycles. The molecule has 132 valence electrons. The van der Waals surface area contributed by atoms with Crippen molar-refractivity contribution in [2.75, 3.05) is 31.1 Å². The fourth-order valence-corrected chi connectivity index (χ4v) is 3.03. The first-order valence-corrected chi connectivity index (χ1v) is 8.19. The number of urea groups is 1. The van der Waals surface area contributed by atoms with Crippen molar-refractivity contribution in [2.24, 2.45) is 0 Å². The van der Waals surface area contributed by atoms with Crippen molar-refractivity contribution in [2.45, 2.75) is 19.4 Å². The van der Waals surface area contributed by atoms with E-state index in [4.69, 9.17) is 0 Å². The molecule has 1 atom stereocenters. The van der Waals surface area contributed by atoms with Gasteiger partial charge in [0.2, 0.25) is 5.91 Å². The number of anilines is 1. The van der Waals surface area contributed by atoms with Crippen LogP contribution < -0.4 is 15.5 Å². The van der Waals surface area contributed by atoms with Crippen LogP contribution in [0.25, 0.3) is 0 Å². The Kier molecular flexibility index (Phi) is 4.69. The Morgan fingerprint density at radius 1 is 1.08 bits per heavy atom. The third-order valence-electron chi connectivity index (χ3n) is 4.51. The molecule has 2 N–H and O–H groups in total. The lowest BCUT2D eigenvalue weighted by atomic mass is 10.1. The number of amides is 4. The van der Waals surface area contributed by atoms with Crippen LogP contribution in [0.1, 0.15) is 23.7 Å². The van der Waals surface area contributed by atoms with Crippen molar-refractivity contribution < 1.29 is 19.2 Å². The van der Waals surface area contributed by atoms with E-state index in [-0.39, 0.29) is 18.1 Å². The molecule has 2 aliphatic rings. The zero-order valence-corrected chi connectivity index (χ0v) is 13.9. The first-order valence-electron chi connectivity index (χ1n) is 8.19. The van der Waals surface area contributed by atoms with Crippen molar-refractivity contribution in [1.82, 2.24) is 15.5 Å². The second kappa shape index (κ2) is 6.92. The number of imide groups is 1. The van der Waals surface area contributed by atoms with E-state index < -0.39 is 18.0 Å². The Balaban J connectivity index is 1.52. The summed E-state index contributed by atoms with van der Waals surface area (Å²) in [5, 5.41) is 4.56. The van der Waals surface area contributed by atoms with E-state index in [0.29, 0.717) is 31.7 Å². The molecule has 25 heavy (non-hydrogen) atoms. The number of carbonyl (C=O) groups excluding carboxylic acids is 4. The Morgan fingerprint density at radius 3 is 2.24 bits per heavy atom. The van der Waals surface area contributed by atoms with Crippen LogP contribution in [0.2, 0.25) is 0 Å². The topological polar surface area (TPSA) is 98.8 Å². The van der Waals surface area contributed by atoms with Crippen molar-refractivity contribution in [1.29, 1.82) is 0 Å². The van der Waals surface area contributed by atoms with Gasteiger partial charge in [-0.2, -0.15) is 0 Å². The number of ketones is 1. The lowest BCUT2D eigenvalue weighted by Crippen LogP contribution is -2.50. The second-order valence-corrected chi connectivity index (χ2v) is 6.19. The average Bonchev–Trinajstić information content (AvgIpc) is 2.92. The van der Waals surface area contributed by atoms with Gasteiger partial charge in [-0.25, -0.2) is 4.79 Å². The molecule has 2 aliphatic heterocycles. The number of nitrogens with zero attached hydrogens (tertiary/aromatic N) is 2. The third kappa shape index (κ3) is 3.78. The normalized spacial score (nSPS) is 20.3. The van der Waals surface area contributed by atoms with Gasteiger partial charge in [0.1, 0.15) is 6.04 Å². The second-order valence-electron chi connectivity index (χ2n) is 6.19. The van der Waals surface area contributed by atoms with Gasteiger partial charge in [-0.1, -0.05) is 0 Å². The minimum absolute atomic E-state index is 0.0229. The fraction of sp³-hybridized carbons (Fsp3) is 0.412. The van der Waals surface area contributed by atoms with E-state index in [1.165, 1.54) is 6.92 Å². The average molecular weight is 344 g/mol. The van der Waals surface area contributed by atoms with E-state index in [1.54, 1.807) is 17.0 Å². The standard InChI is InChI=1S/C17H20N4O4/c1-11(22)12-2-4-13(5-3-12)20-6-8-21(9-7-20)15(23)10-14-16(24)19-17(25)18-14/h2-5,14H,6-10H2,1H3,(H2,18,19,24,25)/t14-/m1/s1. The fourth-order valence-electron chi connectivity index (χ4n) is 3.03. The van der Waals surface area contributed by atoms with Crippen LogP contribution in [-0.2, 0) is 9.59 Å². The number of nitrogens with one attached hydrogen (secondary N) is 2. The van der Waals surface area contributed by atoms with Gasteiger partial charge in [0, 0.05) is 37.4 Å². The van der Waals surface area contributed by atoms with Gasteiger partial charge in [0.05, 0.1) is 6.42 Å². The van der Waals surface area contributed by atoms with Crippen molar-refractivity contribution in [3.8, 4) is 0 Å². The maximum absolute atomic E-state index is 12.3. The minimum Gasteiger partial charge on any atom is -0.368 e. The number of hydrogen-bond donors (Lipinski definition) is 2. The summed E-state index contributed by atoms with van der Waals surface area (Å²) in [6.07, 6.45) is -0.0229. The van der Waals surface area contributed by atoms with Crippen molar-refractivity contribution in [3.63, 3.8) is 0 Å². The Bertz CT molecular complexity index is 708. The molecule has 0 bridgehead atoms. The maximum Gasteiger partial charge on any atom is 0.322 e. The molecule has 4 amide bonds. The van der Waals surface area contributed by atoms with E-state index >= 15 is 0 Å². The van der Waals surface area contributed by atoms with Gasteiger partial charge in [-0.3, -0.25) is 19.7 Å². The smallest absolute Gasteiger partial charge is 0.322 e. The quantitative estimate of drug-likeness (QED) is 0.598. The Hall–Kier alpha value is -2.90. The molecule has 8 heteroatoms. The number of rotatable bonds is 4. The first-order chi connectivity index (χ1) is 11.9. The van der Waals surface area contributed by atoms with Crippen molar-refractivity contribution in [3.05, 3.63) is 29.8 Å². The zero-order chi connectivity index (χ0) is 18.0. The molecule has 2 heterocycles. The maximum atomic E-state index is 12.3. The molecule has 0 aromatic heterocycles. The summed E-state index contributed by atoms with van der Waals surface area (Å²) in [6.45, 7) is 3.99. The highest BCUT2D eigenvalue weighted by molar-refractivity contribution is 6.05. The molecule has 2 saturated heterocycles. The molecule has 8 nitrogen and oxygen atoms in total. The summed E-state index contributed by atoms with van der Waals surface area (Å²) in [4.78, 5) is 50.1. The van der Waals surface area contributed by atoms with Gasteiger partial charge in [-0.15, -0.1) is 0 Å². The number of carbonyl (C=O) groups is 4. The third-order valence-corrected chi connectivity index (χ3v) is 4.51. The summed E-state index contributed by atoms with van der Waals surface area (Å²) in [5.74, 6) is -0.568. The minimum atomic E-state index is -0.780. The SMILES string of the molecule is CC(=O)c1ccc(N2CCN(C(=O)C[C@H]3NC(=O)NC3=O)CC2)cc1. The summed E-state index contributed by atoms with van der Waals surface area (Å²) in [7, 11) is 0. The monoisotopic (exact) mass is 344 g/mol. The van der Waals surface area contributed by atoms with Crippen LogP contribution in [0.3, 0.4) is 0 Å². The summed E-state index contributed by atoms with van der Waals surface area (Å²) in [5.41, 5.74) is 1.69. The van der Waals surface area contributed by atoms with Crippen LogP contribution in [0.4, 0.5) is 10.5 Å². The van der Waals surface area contributed by atoms with Gasteiger partial charge in [-0.05, 0) is 31.2 Å². The zero-order valence-electron chi connectivity index (χ0n) is 13.9. The van der Waals surface area contributed by atoms with E-state index in [9.17, 15) is 19.2 Å². The Labute approximate surface area is 145 Å². The highest BCUT2D eigenvalue weighted by Gasteiger charge is 2.33. The highest BCUT2D eigenvalue weighted by atomic mass is 16.2. The molecule has 0 unspecified atom stereocenters. The largest absolute Gasteiger partial charge is 0.368 e. The van der Waals surface area contributed by atoms with E-state index in [1.807, 2.05) is 12.1 Å². The van der Waals surface area contributed by atoms with E-state index in [0.717, 1.165) is 5.69 Å². The molecule has 1 aromatic rings. The predicted octanol–water partition coefficient (Wildman–Crippen LogP) is 0.136. The van der Waals surface area contributed by atoms with E-state index in [2.05, 4.69) is 15.5 Å². The van der Waals surface area contributed by atoms with Crippen LogP contribution in [0.15, 0.2) is 24.3 Å². The van der Waals surface area contributed by atoms with Gasteiger partial charge in [0.15, 0.2) is 5.78 Å². The molecule has 0 spiro atoms. The summed E-state index contributed by atoms with van der Waals surface area (Å²) < 4.78 is 0.